The Kier molecular flexibility index (Phi) is 4.48. The second kappa shape index (κ2) is 6.25. The Balaban J connectivity index is 2.37. The lowest BCUT2D eigenvalue weighted by molar-refractivity contribution is -0.239. The lowest BCUT2D eigenvalue weighted by atomic mass is 9.82. The summed E-state index contributed by atoms with van der Waals surface area (Å²) in [6.45, 7) is 0. The van der Waals surface area contributed by atoms with Crippen molar-refractivity contribution < 1.29 is 31.5 Å². The Labute approximate surface area is 153 Å². The normalized spacial score (nSPS) is 19.4. The molecular formula is C17H7Cl2F5O2. The van der Waals surface area contributed by atoms with Gasteiger partial charge in [0.1, 0.15) is 17.4 Å². The number of ether oxygens (including phenoxy) is 1. The number of hydrogen-bond acceptors (Lipinski definition) is 2. The summed E-state index contributed by atoms with van der Waals surface area (Å²) in [5, 5.41) is -0.144. The highest BCUT2D eigenvalue weighted by atomic mass is 35.5. The summed E-state index contributed by atoms with van der Waals surface area (Å²) < 4.78 is 74.4. The molecule has 0 unspecified atom stereocenters. The van der Waals surface area contributed by atoms with Crippen molar-refractivity contribution in [1.82, 2.24) is 0 Å². The number of alkyl halides is 3. The second-order valence-electron chi connectivity index (χ2n) is 5.46. The van der Waals surface area contributed by atoms with E-state index in [1.807, 2.05) is 0 Å². The van der Waals surface area contributed by atoms with Gasteiger partial charge < -0.3 is 4.74 Å². The molecule has 2 aromatic rings. The van der Waals surface area contributed by atoms with Gasteiger partial charge in [0, 0.05) is 27.8 Å². The Bertz CT molecular complexity index is 919. The summed E-state index contributed by atoms with van der Waals surface area (Å²) >= 11 is 11.7. The minimum atomic E-state index is -5.24. The Morgan fingerprint density at radius 2 is 1.62 bits per heavy atom. The van der Waals surface area contributed by atoms with Crippen molar-refractivity contribution in [1.29, 1.82) is 0 Å². The maximum Gasteiger partial charge on any atom is 0.437 e. The van der Waals surface area contributed by atoms with Gasteiger partial charge in [-0.15, -0.1) is 0 Å². The average molecular weight is 409 g/mol. The largest absolute Gasteiger partial charge is 0.466 e. The van der Waals surface area contributed by atoms with E-state index in [1.54, 1.807) is 0 Å². The first-order valence-electron chi connectivity index (χ1n) is 6.97. The molecular weight excluding hydrogens is 402 g/mol. The number of carbonyl (C=O) groups is 1. The lowest BCUT2D eigenvalue weighted by Gasteiger charge is -2.39. The molecule has 2 nitrogen and oxygen atoms in total. The van der Waals surface area contributed by atoms with Crippen LogP contribution in [0.5, 0.6) is 5.75 Å². The number of carbonyl (C=O) groups excluding carboxylic acids is 1. The van der Waals surface area contributed by atoms with E-state index in [2.05, 4.69) is 0 Å². The molecule has 2 aromatic carbocycles. The van der Waals surface area contributed by atoms with Gasteiger partial charge in [-0.1, -0.05) is 23.2 Å². The molecule has 1 aliphatic rings. The SMILES string of the molecule is O=CC1=Cc2cc(Cl)cc(Cl)c2O[C@]1(c1cc(F)cc(F)c1)C(F)(F)F. The van der Waals surface area contributed by atoms with Crippen LogP contribution in [0.15, 0.2) is 35.9 Å². The van der Waals surface area contributed by atoms with Gasteiger partial charge in [-0.2, -0.15) is 13.2 Å². The molecule has 0 N–H and O–H groups in total. The number of rotatable bonds is 2. The van der Waals surface area contributed by atoms with E-state index < -0.39 is 40.3 Å². The first-order valence-corrected chi connectivity index (χ1v) is 7.73. The molecule has 1 aliphatic heterocycles. The Morgan fingerprint density at radius 1 is 1.00 bits per heavy atom. The zero-order chi connectivity index (χ0) is 19.3. The fraction of sp³-hybridized carbons (Fsp3) is 0.118. The third-order valence-electron chi connectivity index (χ3n) is 3.81. The van der Waals surface area contributed by atoms with E-state index in [9.17, 15) is 26.7 Å². The van der Waals surface area contributed by atoms with Crippen LogP contribution in [-0.2, 0) is 10.4 Å². The molecule has 0 fully saturated rings. The van der Waals surface area contributed by atoms with Gasteiger partial charge in [0.2, 0.25) is 0 Å². The van der Waals surface area contributed by atoms with E-state index >= 15 is 0 Å². The molecule has 0 bridgehead atoms. The molecule has 0 saturated heterocycles. The number of halogens is 7. The van der Waals surface area contributed by atoms with Crippen LogP contribution < -0.4 is 4.74 Å². The van der Waals surface area contributed by atoms with Crippen molar-refractivity contribution in [3.63, 3.8) is 0 Å². The van der Waals surface area contributed by atoms with Crippen LogP contribution in [0.1, 0.15) is 11.1 Å². The Hall–Kier alpha value is -2.12. The number of hydrogen-bond donors (Lipinski definition) is 0. The van der Waals surface area contributed by atoms with Crippen LogP contribution in [0, 0.1) is 11.6 Å². The van der Waals surface area contributed by atoms with Crippen LogP contribution in [0.4, 0.5) is 22.0 Å². The van der Waals surface area contributed by atoms with Crippen molar-refractivity contribution >= 4 is 35.6 Å². The van der Waals surface area contributed by atoms with Crippen LogP contribution in [-0.4, -0.2) is 12.5 Å². The van der Waals surface area contributed by atoms with E-state index in [0.29, 0.717) is 18.2 Å². The Morgan fingerprint density at radius 3 is 2.15 bits per heavy atom. The number of fused-ring (bicyclic) bond motifs is 1. The molecule has 0 saturated carbocycles. The van der Waals surface area contributed by atoms with Crippen LogP contribution >= 0.6 is 23.2 Å². The van der Waals surface area contributed by atoms with Crippen molar-refractivity contribution in [2.45, 2.75) is 11.8 Å². The molecule has 0 spiro atoms. The van der Waals surface area contributed by atoms with Gasteiger partial charge in [0.05, 0.1) is 5.02 Å². The molecule has 0 aromatic heterocycles. The lowest BCUT2D eigenvalue weighted by Crippen LogP contribution is -2.51. The summed E-state index contributed by atoms with van der Waals surface area (Å²) in [7, 11) is 0. The van der Waals surface area contributed by atoms with E-state index in [4.69, 9.17) is 27.9 Å². The standard InChI is InChI=1S/C17H7Cl2F5O2/c18-11-2-8-1-10(7-25)16(17(22,23)24,26-15(8)14(19)5-11)9-3-12(20)6-13(21)4-9/h1-7H/t16-/m0/s1. The first-order chi connectivity index (χ1) is 12.1. The van der Waals surface area contributed by atoms with E-state index in [0.717, 1.165) is 12.1 Å². The molecule has 26 heavy (non-hydrogen) atoms. The zero-order valence-corrected chi connectivity index (χ0v) is 14.0. The van der Waals surface area contributed by atoms with Crippen LogP contribution in [0.25, 0.3) is 6.08 Å². The summed E-state index contributed by atoms with van der Waals surface area (Å²) in [5.74, 6) is -2.93. The molecule has 1 atom stereocenters. The summed E-state index contributed by atoms with van der Waals surface area (Å²) in [6, 6.07) is 3.69. The van der Waals surface area contributed by atoms with Crippen LogP contribution in [0.2, 0.25) is 10.0 Å². The summed E-state index contributed by atoms with van der Waals surface area (Å²) in [4.78, 5) is 11.4. The number of benzene rings is 2. The van der Waals surface area contributed by atoms with Crippen molar-refractivity contribution in [2.75, 3.05) is 0 Å². The van der Waals surface area contributed by atoms with Gasteiger partial charge in [0.25, 0.3) is 5.60 Å². The smallest absolute Gasteiger partial charge is 0.437 e. The third kappa shape index (κ3) is 2.85. The molecule has 3 rings (SSSR count). The average Bonchev–Trinajstić information content (AvgIpc) is 2.51. The second-order valence-corrected chi connectivity index (χ2v) is 6.31. The van der Waals surface area contributed by atoms with Crippen LogP contribution in [0.3, 0.4) is 0 Å². The minimum Gasteiger partial charge on any atom is -0.466 e. The molecule has 136 valence electrons. The fourth-order valence-electron chi connectivity index (χ4n) is 2.76. The van der Waals surface area contributed by atoms with Crippen molar-refractivity contribution in [2.24, 2.45) is 0 Å². The maximum absolute atomic E-state index is 14.0. The highest BCUT2D eigenvalue weighted by Crippen LogP contribution is 2.53. The zero-order valence-electron chi connectivity index (χ0n) is 12.5. The predicted molar refractivity (Wildman–Crippen MR) is 85.2 cm³/mol. The minimum absolute atomic E-state index is 0.0290. The molecule has 1 heterocycles. The van der Waals surface area contributed by atoms with Gasteiger partial charge in [-0.3, -0.25) is 4.79 Å². The van der Waals surface area contributed by atoms with E-state index in [1.165, 1.54) is 6.07 Å². The molecule has 0 radical (unpaired) electrons. The highest BCUT2D eigenvalue weighted by Gasteiger charge is 2.63. The molecule has 0 aliphatic carbocycles. The van der Waals surface area contributed by atoms with Gasteiger partial charge in [-0.25, -0.2) is 8.78 Å². The van der Waals surface area contributed by atoms with Gasteiger partial charge >= 0.3 is 6.18 Å². The fourth-order valence-corrected chi connectivity index (χ4v) is 3.31. The first kappa shape index (κ1) is 18.7. The van der Waals surface area contributed by atoms with Gasteiger partial charge in [0.15, 0.2) is 6.29 Å². The van der Waals surface area contributed by atoms with Gasteiger partial charge in [-0.05, 0) is 30.3 Å². The quantitative estimate of drug-likeness (QED) is 0.470. The monoisotopic (exact) mass is 408 g/mol. The predicted octanol–water partition coefficient (Wildman–Crippen LogP) is 5.70. The van der Waals surface area contributed by atoms with Crippen molar-refractivity contribution in [3.8, 4) is 5.75 Å². The molecule has 0 amide bonds. The third-order valence-corrected chi connectivity index (χ3v) is 4.30. The summed E-state index contributed by atoms with van der Waals surface area (Å²) in [6.07, 6.45) is -4.45. The molecule has 9 heteroatoms. The van der Waals surface area contributed by atoms with Crippen molar-refractivity contribution in [3.05, 3.63) is 68.7 Å². The maximum atomic E-state index is 14.0. The van der Waals surface area contributed by atoms with E-state index in [-0.39, 0.29) is 21.9 Å². The number of aldehydes is 1. The highest BCUT2D eigenvalue weighted by molar-refractivity contribution is 6.36. The summed E-state index contributed by atoms with van der Waals surface area (Å²) in [5.41, 5.74) is -5.23. The topological polar surface area (TPSA) is 26.3 Å².